The summed E-state index contributed by atoms with van der Waals surface area (Å²) >= 11 is 0. The summed E-state index contributed by atoms with van der Waals surface area (Å²) < 4.78 is 5.54. The molecule has 1 saturated carbocycles. The molecule has 3 nitrogen and oxygen atoms in total. The van der Waals surface area contributed by atoms with Crippen molar-refractivity contribution in [1.82, 2.24) is 4.98 Å². The Bertz CT molecular complexity index is 253. The van der Waals surface area contributed by atoms with Crippen LogP contribution in [0.4, 0.5) is 0 Å². The fourth-order valence-electron chi connectivity index (χ4n) is 1.44. The maximum atomic E-state index is 5.54. The summed E-state index contributed by atoms with van der Waals surface area (Å²) in [5.74, 6) is 2.49. The molecule has 0 unspecified atom stereocenters. The number of rotatable bonds is 3. The van der Waals surface area contributed by atoms with Crippen molar-refractivity contribution < 1.29 is 4.42 Å². The second-order valence-electron chi connectivity index (χ2n) is 3.32. The zero-order valence-electron chi connectivity index (χ0n) is 7.12. The highest BCUT2D eigenvalue weighted by atomic mass is 16.4. The first-order valence-corrected chi connectivity index (χ1v) is 4.55. The summed E-state index contributed by atoms with van der Waals surface area (Å²) in [5.41, 5.74) is 5.39. The van der Waals surface area contributed by atoms with Crippen LogP contribution in [0.15, 0.2) is 10.6 Å². The molecule has 2 rings (SSSR count). The van der Waals surface area contributed by atoms with Gasteiger partial charge in [0.25, 0.3) is 0 Å². The summed E-state index contributed by atoms with van der Waals surface area (Å²) in [6.45, 7) is 0.616. The maximum absolute atomic E-state index is 5.54. The van der Waals surface area contributed by atoms with Crippen molar-refractivity contribution in [3.63, 3.8) is 0 Å². The van der Waals surface area contributed by atoms with E-state index >= 15 is 0 Å². The molecule has 0 spiro atoms. The van der Waals surface area contributed by atoms with E-state index in [0.29, 0.717) is 12.5 Å². The van der Waals surface area contributed by atoms with Crippen molar-refractivity contribution in [1.29, 1.82) is 0 Å². The third kappa shape index (κ3) is 1.37. The van der Waals surface area contributed by atoms with Crippen LogP contribution in [0.1, 0.15) is 36.8 Å². The van der Waals surface area contributed by atoms with E-state index in [0.717, 1.165) is 18.1 Å². The van der Waals surface area contributed by atoms with E-state index in [1.54, 1.807) is 0 Å². The molecule has 3 heteroatoms. The normalized spacial score (nSPS) is 17.8. The second-order valence-corrected chi connectivity index (χ2v) is 3.32. The lowest BCUT2D eigenvalue weighted by Crippen LogP contribution is -2.07. The Morgan fingerprint density at radius 1 is 1.58 bits per heavy atom. The second kappa shape index (κ2) is 3.27. The maximum Gasteiger partial charge on any atom is 0.195 e. The number of hydrogen-bond donors (Lipinski definition) is 1. The van der Waals surface area contributed by atoms with Gasteiger partial charge >= 0.3 is 0 Å². The molecule has 0 bridgehead atoms. The minimum absolute atomic E-state index is 0.616. The largest absolute Gasteiger partial charge is 0.445 e. The highest BCUT2D eigenvalue weighted by Gasteiger charge is 2.22. The van der Waals surface area contributed by atoms with E-state index in [9.17, 15) is 0 Å². The predicted octanol–water partition coefficient (Wildman–Crippen LogP) is 1.44. The molecule has 0 aromatic carbocycles. The standard InChI is InChI=1S/C9H14N2O/c10-5-4-9-11-6-8(12-9)7-2-1-3-7/h6-7H,1-5,10H2. The van der Waals surface area contributed by atoms with Crippen LogP contribution >= 0.6 is 0 Å². The van der Waals surface area contributed by atoms with E-state index in [4.69, 9.17) is 10.2 Å². The van der Waals surface area contributed by atoms with Crippen LogP contribution < -0.4 is 5.73 Å². The Kier molecular flexibility index (Phi) is 2.13. The number of nitrogens with zero attached hydrogens (tertiary/aromatic N) is 1. The van der Waals surface area contributed by atoms with Gasteiger partial charge in [-0.25, -0.2) is 4.98 Å². The fourth-order valence-corrected chi connectivity index (χ4v) is 1.44. The Morgan fingerprint density at radius 2 is 2.42 bits per heavy atom. The molecule has 0 atom stereocenters. The summed E-state index contributed by atoms with van der Waals surface area (Å²) in [7, 11) is 0. The molecule has 2 N–H and O–H groups in total. The minimum Gasteiger partial charge on any atom is -0.445 e. The molecule has 0 saturated heterocycles. The predicted molar refractivity (Wildman–Crippen MR) is 45.9 cm³/mol. The molecule has 1 aliphatic carbocycles. The molecule has 1 fully saturated rings. The molecule has 1 aliphatic rings. The highest BCUT2D eigenvalue weighted by Crippen LogP contribution is 2.36. The van der Waals surface area contributed by atoms with E-state index in [1.165, 1.54) is 19.3 Å². The zero-order valence-corrected chi connectivity index (χ0v) is 7.12. The lowest BCUT2D eigenvalue weighted by atomic mass is 9.84. The molecule has 1 aromatic rings. The lowest BCUT2D eigenvalue weighted by Gasteiger charge is -2.22. The quantitative estimate of drug-likeness (QED) is 0.739. The number of nitrogens with two attached hydrogens (primary N) is 1. The Hall–Kier alpha value is -0.830. The fraction of sp³-hybridized carbons (Fsp3) is 0.667. The van der Waals surface area contributed by atoms with E-state index in [-0.39, 0.29) is 0 Å². The van der Waals surface area contributed by atoms with Gasteiger partial charge < -0.3 is 10.2 Å². The van der Waals surface area contributed by atoms with Crippen molar-refractivity contribution in [2.75, 3.05) is 6.54 Å². The number of oxazole rings is 1. The summed E-state index contributed by atoms with van der Waals surface area (Å²) in [5, 5.41) is 0. The monoisotopic (exact) mass is 166 g/mol. The lowest BCUT2D eigenvalue weighted by molar-refractivity contribution is 0.334. The first kappa shape index (κ1) is 7.80. The van der Waals surface area contributed by atoms with Crippen LogP contribution in [0.3, 0.4) is 0 Å². The van der Waals surface area contributed by atoms with Crippen LogP contribution in [-0.4, -0.2) is 11.5 Å². The van der Waals surface area contributed by atoms with Gasteiger partial charge in [0.05, 0.1) is 6.20 Å². The summed E-state index contributed by atoms with van der Waals surface area (Å²) in [4.78, 5) is 4.16. The average molecular weight is 166 g/mol. The third-order valence-electron chi connectivity index (χ3n) is 2.44. The topological polar surface area (TPSA) is 52.0 Å². The zero-order chi connectivity index (χ0) is 8.39. The SMILES string of the molecule is NCCc1ncc(C2CCC2)o1. The van der Waals surface area contributed by atoms with E-state index in [2.05, 4.69) is 4.98 Å². The van der Waals surface area contributed by atoms with Crippen molar-refractivity contribution in [3.8, 4) is 0 Å². The number of aromatic nitrogens is 1. The molecule has 0 amide bonds. The molecule has 66 valence electrons. The first-order chi connectivity index (χ1) is 5.90. The van der Waals surface area contributed by atoms with Crippen LogP contribution in [0.25, 0.3) is 0 Å². The van der Waals surface area contributed by atoms with Crippen LogP contribution in [-0.2, 0) is 6.42 Å². The van der Waals surface area contributed by atoms with Crippen molar-refractivity contribution >= 4 is 0 Å². The van der Waals surface area contributed by atoms with Crippen LogP contribution in [0.5, 0.6) is 0 Å². The third-order valence-corrected chi connectivity index (χ3v) is 2.44. The van der Waals surface area contributed by atoms with Gasteiger partial charge in [0.2, 0.25) is 0 Å². The first-order valence-electron chi connectivity index (χ1n) is 4.55. The highest BCUT2D eigenvalue weighted by molar-refractivity contribution is 5.05. The Morgan fingerprint density at radius 3 is 3.00 bits per heavy atom. The van der Waals surface area contributed by atoms with Gasteiger partial charge in [-0.1, -0.05) is 6.42 Å². The van der Waals surface area contributed by atoms with Gasteiger partial charge in [-0.2, -0.15) is 0 Å². The molecule has 0 aliphatic heterocycles. The van der Waals surface area contributed by atoms with Gasteiger partial charge in [-0.05, 0) is 12.8 Å². The van der Waals surface area contributed by atoms with Crippen molar-refractivity contribution in [2.45, 2.75) is 31.6 Å². The molecule has 0 radical (unpaired) electrons. The molecule has 1 aromatic heterocycles. The summed E-state index contributed by atoms with van der Waals surface area (Å²) in [6, 6.07) is 0. The average Bonchev–Trinajstić information content (AvgIpc) is 2.34. The minimum atomic E-state index is 0.616. The summed E-state index contributed by atoms with van der Waals surface area (Å²) in [6.07, 6.45) is 6.47. The van der Waals surface area contributed by atoms with Gasteiger partial charge in [-0.3, -0.25) is 0 Å². The van der Waals surface area contributed by atoms with E-state index in [1.807, 2.05) is 6.20 Å². The number of hydrogen-bond acceptors (Lipinski definition) is 3. The molecular formula is C9H14N2O. The molecule has 1 heterocycles. The smallest absolute Gasteiger partial charge is 0.195 e. The Balaban J connectivity index is 2.02. The van der Waals surface area contributed by atoms with Gasteiger partial charge in [0, 0.05) is 18.9 Å². The van der Waals surface area contributed by atoms with Crippen molar-refractivity contribution in [2.24, 2.45) is 5.73 Å². The molecular weight excluding hydrogens is 152 g/mol. The van der Waals surface area contributed by atoms with Gasteiger partial charge in [-0.15, -0.1) is 0 Å². The van der Waals surface area contributed by atoms with Crippen LogP contribution in [0.2, 0.25) is 0 Å². The molecule has 12 heavy (non-hydrogen) atoms. The van der Waals surface area contributed by atoms with Crippen LogP contribution in [0, 0.1) is 0 Å². The van der Waals surface area contributed by atoms with Crippen molar-refractivity contribution in [3.05, 3.63) is 17.8 Å². The Labute approximate surface area is 72.0 Å². The van der Waals surface area contributed by atoms with E-state index < -0.39 is 0 Å². The van der Waals surface area contributed by atoms with Gasteiger partial charge in [0.15, 0.2) is 5.89 Å². The van der Waals surface area contributed by atoms with Gasteiger partial charge in [0.1, 0.15) is 5.76 Å².